The molecule has 6 nitrogen and oxygen atoms in total. The van der Waals surface area contributed by atoms with Gasteiger partial charge in [0.15, 0.2) is 0 Å². The van der Waals surface area contributed by atoms with Gasteiger partial charge in [-0.15, -0.1) is 0 Å². The minimum atomic E-state index is -3.95. The van der Waals surface area contributed by atoms with Crippen molar-refractivity contribution in [2.24, 2.45) is 0 Å². The van der Waals surface area contributed by atoms with Crippen LogP contribution in [0.4, 0.5) is 15.8 Å². The number of rotatable bonds is 6. The van der Waals surface area contributed by atoms with Gasteiger partial charge in [0.2, 0.25) is 0 Å². The van der Waals surface area contributed by atoms with Gasteiger partial charge in [0, 0.05) is 16.3 Å². The number of ether oxygens (including phenoxy) is 1. The van der Waals surface area contributed by atoms with Crippen molar-refractivity contribution in [2.45, 2.75) is 11.8 Å². The van der Waals surface area contributed by atoms with E-state index in [9.17, 15) is 17.6 Å². The number of halogens is 2. The second kappa shape index (κ2) is 8.73. The second-order valence-corrected chi connectivity index (χ2v) is 8.51. The zero-order chi connectivity index (χ0) is 21.9. The van der Waals surface area contributed by atoms with Crippen LogP contribution in [0, 0.1) is 12.7 Å². The van der Waals surface area contributed by atoms with Gasteiger partial charge in [-0.25, -0.2) is 12.8 Å². The van der Waals surface area contributed by atoms with Crippen LogP contribution in [0.1, 0.15) is 15.9 Å². The Morgan fingerprint density at radius 3 is 2.37 bits per heavy atom. The molecule has 0 aliphatic rings. The fourth-order valence-corrected chi connectivity index (χ4v) is 3.91. The Bertz CT molecular complexity index is 1200. The zero-order valence-corrected chi connectivity index (χ0v) is 17.6. The Balaban J connectivity index is 1.86. The Morgan fingerprint density at radius 2 is 1.73 bits per heavy atom. The third-order valence-corrected chi connectivity index (χ3v) is 5.90. The minimum Gasteiger partial charge on any atom is -0.497 e. The first kappa shape index (κ1) is 21.6. The van der Waals surface area contributed by atoms with E-state index in [1.807, 2.05) is 0 Å². The zero-order valence-electron chi connectivity index (χ0n) is 16.1. The number of benzene rings is 3. The van der Waals surface area contributed by atoms with E-state index in [0.717, 1.165) is 6.07 Å². The maximum absolute atomic E-state index is 14.0. The van der Waals surface area contributed by atoms with Crippen LogP contribution in [0.5, 0.6) is 5.75 Å². The summed E-state index contributed by atoms with van der Waals surface area (Å²) >= 11 is 5.72. The van der Waals surface area contributed by atoms with Crippen LogP contribution >= 0.6 is 11.6 Å². The molecule has 3 aromatic carbocycles. The van der Waals surface area contributed by atoms with Gasteiger partial charge in [-0.1, -0.05) is 17.7 Å². The molecule has 0 saturated heterocycles. The number of aryl methyl sites for hydroxylation is 1. The van der Waals surface area contributed by atoms with Crippen LogP contribution in [0.3, 0.4) is 0 Å². The highest BCUT2D eigenvalue weighted by atomic mass is 35.5. The number of methoxy groups -OCH3 is 1. The lowest BCUT2D eigenvalue weighted by molar-refractivity contribution is 0.102. The lowest BCUT2D eigenvalue weighted by Crippen LogP contribution is -2.17. The predicted molar refractivity (Wildman–Crippen MR) is 114 cm³/mol. The molecule has 0 radical (unpaired) electrons. The predicted octanol–water partition coefficient (Wildman–Crippen LogP) is 4.85. The molecule has 0 aliphatic carbocycles. The molecule has 1 amide bonds. The number of hydrogen-bond acceptors (Lipinski definition) is 4. The van der Waals surface area contributed by atoms with Crippen molar-refractivity contribution in [2.75, 3.05) is 17.1 Å². The number of nitrogens with one attached hydrogen (secondary N) is 2. The summed E-state index contributed by atoms with van der Waals surface area (Å²) in [5, 5.41) is 2.63. The van der Waals surface area contributed by atoms with E-state index in [1.54, 1.807) is 31.2 Å². The standard InChI is InChI=1S/C21H18ClFN2O4S/c1-13-3-9-17(30(27,28)25-15-5-7-16(29-2)8-6-15)12-18(13)21(26)24-20-10-4-14(22)11-19(20)23/h3-12,25H,1-2H3,(H,24,26). The first-order valence-corrected chi connectivity index (χ1v) is 10.6. The summed E-state index contributed by atoms with van der Waals surface area (Å²) in [4.78, 5) is 12.5. The normalized spacial score (nSPS) is 11.1. The highest BCUT2D eigenvalue weighted by molar-refractivity contribution is 7.92. The van der Waals surface area contributed by atoms with Gasteiger partial charge in [0.1, 0.15) is 11.6 Å². The summed E-state index contributed by atoms with van der Waals surface area (Å²) in [6.07, 6.45) is 0. The van der Waals surface area contributed by atoms with Crippen LogP contribution in [0.15, 0.2) is 65.6 Å². The van der Waals surface area contributed by atoms with Gasteiger partial charge < -0.3 is 10.1 Å². The molecule has 0 heterocycles. The van der Waals surface area contributed by atoms with E-state index in [-0.39, 0.29) is 21.2 Å². The van der Waals surface area contributed by atoms with E-state index in [0.29, 0.717) is 17.0 Å². The molecule has 0 aromatic heterocycles. The first-order valence-electron chi connectivity index (χ1n) is 8.73. The summed E-state index contributed by atoms with van der Waals surface area (Å²) in [6.45, 7) is 1.65. The number of carbonyl (C=O) groups excluding carboxylic acids is 1. The molecule has 0 atom stereocenters. The average molecular weight is 449 g/mol. The third-order valence-electron chi connectivity index (χ3n) is 4.29. The van der Waals surface area contributed by atoms with Crippen molar-refractivity contribution in [1.82, 2.24) is 0 Å². The Labute approximate surface area is 178 Å². The molecule has 0 saturated carbocycles. The van der Waals surface area contributed by atoms with Crippen LogP contribution in [0.25, 0.3) is 0 Å². The number of carbonyl (C=O) groups is 1. The molecule has 156 valence electrons. The van der Waals surface area contributed by atoms with Gasteiger partial charge in [-0.2, -0.15) is 0 Å². The smallest absolute Gasteiger partial charge is 0.261 e. The summed E-state index contributed by atoms with van der Waals surface area (Å²) in [5.41, 5.74) is 0.909. The van der Waals surface area contributed by atoms with E-state index < -0.39 is 21.7 Å². The van der Waals surface area contributed by atoms with Crippen LogP contribution in [0.2, 0.25) is 5.02 Å². The van der Waals surface area contributed by atoms with Gasteiger partial charge in [-0.05, 0) is 67.1 Å². The molecule has 0 aliphatic heterocycles. The van der Waals surface area contributed by atoms with Crippen molar-refractivity contribution in [3.05, 3.63) is 82.6 Å². The topological polar surface area (TPSA) is 84.5 Å². The van der Waals surface area contributed by atoms with Crippen LogP contribution in [-0.4, -0.2) is 21.4 Å². The Kier molecular flexibility index (Phi) is 6.28. The molecular formula is C21H18ClFN2O4S. The van der Waals surface area contributed by atoms with Crippen LogP contribution in [-0.2, 0) is 10.0 Å². The third kappa shape index (κ3) is 4.90. The molecule has 0 bridgehead atoms. The fourth-order valence-electron chi connectivity index (χ4n) is 2.67. The molecule has 30 heavy (non-hydrogen) atoms. The molecule has 3 rings (SSSR count). The fraction of sp³-hybridized carbons (Fsp3) is 0.0952. The average Bonchev–Trinajstić information content (AvgIpc) is 2.70. The van der Waals surface area contributed by atoms with Crippen molar-refractivity contribution >= 4 is 38.9 Å². The largest absolute Gasteiger partial charge is 0.497 e. The summed E-state index contributed by atoms with van der Waals surface area (Å²) in [7, 11) is -2.45. The van der Waals surface area contributed by atoms with Crippen molar-refractivity contribution < 1.29 is 22.3 Å². The summed E-state index contributed by atoms with van der Waals surface area (Å²) in [5.74, 6) is -0.754. The van der Waals surface area contributed by atoms with Crippen LogP contribution < -0.4 is 14.8 Å². The monoisotopic (exact) mass is 448 g/mol. The molecule has 0 spiro atoms. The van der Waals surface area contributed by atoms with E-state index in [1.165, 1.54) is 37.4 Å². The maximum Gasteiger partial charge on any atom is 0.261 e. The lowest BCUT2D eigenvalue weighted by atomic mass is 10.1. The Hall–Kier alpha value is -3.10. The molecule has 2 N–H and O–H groups in total. The highest BCUT2D eigenvalue weighted by Gasteiger charge is 2.19. The van der Waals surface area contributed by atoms with Crippen molar-refractivity contribution in [3.63, 3.8) is 0 Å². The van der Waals surface area contributed by atoms with E-state index >= 15 is 0 Å². The number of hydrogen-bond donors (Lipinski definition) is 2. The molecule has 0 unspecified atom stereocenters. The molecule has 3 aromatic rings. The summed E-state index contributed by atoms with van der Waals surface area (Å²) < 4.78 is 47.0. The van der Waals surface area contributed by atoms with Gasteiger partial charge in [0.05, 0.1) is 17.7 Å². The van der Waals surface area contributed by atoms with E-state index in [4.69, 9.17) is 16.3 Å². The SMILES string of the molecule is COc1ccc(NS(=O)(=O)c2ccc(C)c(C(=O)Nc3ccc(Cl)cc3F)c2)cc1. The maximum atomic E-state index is 14.0. The van der Waals surface area contributed by atoms with Crippen molar-refractivity contribution in [1.29, 1.82) is 0 Å². The van der Waals surface area contributed by atoms with E-state index in [2.05, 4.69) is 10.0 Å². The van der Waals surface area contributed by atoms with Crippen molar-refractivity contribution in [3.8, 4) is 5.75 Å². The molecule has 0 fully saturated rings. The minimum absolute atomic E-state index is 0.0616. The Morgan fingerprint density at radius 1 is 1.03 bits per heavy atom. The first-order chi connectivity index (χ1) is 14.2. The molecule has 9 heteroatoms. The summed E-state index contributed by atoms with van der Waals surface area (Å²) in [6, 6.07) is 14.3. The number of amides is 1. The van der Waals surface area contributed by atoms with Gasteiger partial charge in [0.25, 0.3) is 15.9 Å². The number of anilines is 2. The second-order valence-electron chi connectivity index (χ2n) is 6.39. The lowest BCUT2D eigenvalue weighted by Gasteiger charge is -2.12. The molecular weight excluding hydrogens is 431 g/mol. The number of sulfonamides is 1. The quantitative estimate of drug-likeness (QED) is 0.564. The van der Waals surface area contributed by atoms with Gasteiger partial charge in [-0.3, -0.25) is 9.52 Å². The van der Waals surface area contributed by atoms with Gasteiger partial charge >= 0.3 is 0 Å². The highest BCUT2D eigenvalue weighted by Crippen LogP contribution is 2.23.